The number of fused-ring (bicyclic) bond motifs is 1. The standard InChI is InChI=1S/C14H20N4O3/c19-13(20)11-7-9-3-1-2-4-10(9)18(11)14(21)17-8-12-15-5-6-16-12/h5-6,9-11H,1-4,7-8H2,(H,15,16)(H,17,21)(H,19,20). The number of likely N-dealkylation sites (tertiary alicyclic amines) is 1. The Hall–Kier alpha value is -2.05. The van der Waals surface area contributed by atoms with E-state index in [9.17, 15) is 14.7 Å². The molecule has 1 aliphatic carbocycles. The second-order valence-electron chi connectivity index (χ2n) is 5.80. The number of urea groups is 1. The highest BCUT2D eigenvalue weighted by atomic mass is 16.4. The summed E-state index contributed by atoms with van der Waals surface area (Å²) in [7, 11) is 0. The summed E-state index contributed by atoms with van der Waals surface area (Å²) in [5, 5.41) is 12.2. The van der Waals surface area contributed by atoms with Gasteiger partial charge in [-0.05, 0) is 25.2 Å². The molecule has 1 aromatic rings. The van der Waals surface area contributed by atoms with Gasteiger partial charge in [0.25, 0.3) is 0 Å². The number of aromatic amines is 1. The molecule has 3 unspecified atom stereocenters. The molecular formula is C14H20N4O3. The Kier molecular flexibility index (Phi) is 3.81. The molecule has 7 nitrogen and oxygen atoms in total. The summed E-state index contributed by atoms with van der Waals surface area (Å²) in [6.07, 6.45) is 8.02. The molecule has 2 amide bonds. The Morgan fingerprint density at radius 3 is 2.95 bits per heavy atom. The molecule has 3 atom stereocenters. The Bertz CT molecular complexity index is 516. The number of carbonyl (C=O) groups is 2. The number of hydrogen-bond donors (Lipinski definition) is 3. The van der Waals surface area contributed by atoms with E-state index in [1.807, 2.05) is 0 Å². The number of aliphatic carboxylic acids is 1. The molecule has 1 aliphatic heterocycles. The van der Waals surface area contributed by atoms with Crippen molar-refractivity contribution in [2.24, 2.45) is 5.92 Å². The fourth-order valence-corrected chi connectivity index (χ4v) is 3.62. The SMILES string of the molecule is O=C(O)C1CC2CCCCC2N1C(=O)NCc1ncc[nH]1. The van der Waals surface area contributed by atoms with Crippen LogP contribution >= 0.6 is 0 Å². The lowest BCUT2D eigenvalue weighted by Gasteiger charge is -2.32. The predicted molar refractivity (Wildman–Crippen MR) is 74.4 cm³/mol. The fourth-order valence-electron chi connectivity index (χ4n) is 3.62. The van der Waals surface area contributed by atoms with E-state index in [4.69, 9.17) is 0 Å². The normalized spacial score (nSPS) is 28.2. The van der Waals surface area contributed by atoms with Crippen LogP contribution in [0.2, 0.25) is 0 Å². The van der Waals surface area contributed by atoms with Crippen LogP contribution in [0.3, 0.4) is 0 Å². The lowest BCUT2D eigenvalue weighted by atomic mass is 9.85. The number of rotatable bonds is 3. The van der Waals surface area contributed by atoms with Gasteiger partial charge in [-0.15, -0.1) is 0 Å². The molecule has 2 fully saturated rings. The van der Waals surface area contributed by atoms with Gasteiger partial charge >= 0.3 is 12.0 Å². The van der Waals surface area contributed by atoms with Crippen LogP contribution in [0.1, 0.15) is 37.9 Å². The summed E-state index contributed by atoms with van der Waals surface area (Å²) in [5.74, 6) is 0.0846. The molecule has 0 spiro atoms. The number of imidazole rings is 1. The Morgan fingerprint density at radius 2 is 2.24 bits per heavy atom. The highest BCUT2D eigenvalue weighted by Crippen LogP contribution is 2.39. The van der Waals surface area contributed by atoms with E-state index in [1.54, 1.807) is 17.3 Å². The van der Waals surface area contributed by atoms with E-state index >= 15 is 0 Å². The van der Waals surface area contributed by atoms with Gasteiger partial charge in [-0.25, -0.2) is 14.6 Å². The first kappa shape index (κ1) is 13.9. The second-order valence-corrected chi connectivity index (χ2v) is 5.80. The quantitative estimate of drug-likeness (QED) is 0.783. The average Bonchev–Trinajstić information content (AvgIpc) is 3.11. The van der Waals surface area contributed by atoms with Crippen molar-refractivity contribution in [1.82, 2.24) is 20.2 Å². The molecule has 0 radical (unpaired) electrons. The Balaban J connectivity index is 1.70. The van der Waals surface area contributed by atoms with Crippen molar-refractivity contribution in [2.75, 3.05) is 0 Å². The number of carbonyl (C=O) groups excluding carboxylic acids is 1. The topological polar surface area (TPSA) is 98.3 Å². The van der Waals surface area contributed by atoms with E-state index in [1.165, 1.54) is 0 Å². The van der Waals surface area contributed by atoms with Crippen molar-refractivity contribution in [2.45, 2.75) is 50.7 Å². The van der Waals surface area contributed by atoms with Gasteiger partial charge in [0.05, 0.1) is 6.54 Å². The summed E-state index contributed by atoms with van der Waals surface area (Å²) in [5.41, 5.74) is 0. The zero-order valence-corrected chi connectivity index (χ0v) is 11.8. The summed E-state index contributed by atoms with van der Waals surface area (Å²) in [4.78, 5) is 32.4. The van der Waals surface area contributed by atoms with Gasteiger partial charge in [0, 0.05) is 18.4 Å². The molecule has 1 saturated carbocycles. The number of amides is 2. The zero-order chi connectivity index (χ0) is 14.8. The molecule has 1 saturated heterocycles. The van der Waals surface area contributed by atoms with Crippen molar-refractivity contribution < 1.29 is 14.7 Å². The van der Waals surface area contributed by atoms with Gasteiger partial charge in [0.2, 0.25) is 0 Å². The molecule has 0 aromatic carbocycles. The average molecular weight is 292 g/mol. The maximum atomic E-state index is 12.4. The van der Waals surface area contributed by atoms with E-state index < -0.39 is 12.0 Å². The van der Waals surface area contributed by atoms with Crippen LogP contribution in [-0.4, -0.2) is 44.1 Å². The number of nitrogens with one attached hydrogen (secondary N) is 2. The summed E-state index contributed by atoms with van der Waals surface area (Å²) in [6, 6.07) is -0.931. The van der Waals surface area contributed by atoms with Crippen LogP contribution in [-0.2, 0) is 11.3 Å². The largest absolute Gasteiger partial charge is 0.480 e. The number of H-pyrrole nitrogens is 1. The first-order valence-corrected chi connectivity index (χ1v) is 7.44. The van der Waals surface area contributed by atoms with Gasteiger partial charge in [-0.1, -0.05) is 12.8 Å². The van der Waals surface area contributed by atoms with Crippen LogP contribution in [0, 0.1) is 5.92 Å². The molecular weight excluding hydrogens is 272 g/mol. The van der Waals surface area contributed by atoms with E-state index in [0.29, 0.717) is 18.2 Å². The minimum Gasteiger partial charge on any atom is -0.480 e. The third kappa shape index (κ3) is 2.72. The van der Waals surface area contributed by atoms with Gasteiger partial charge in [0.1, 0.15) is 11.9 Å². The number of carboxylic acid groups (broad SMARTS) is 1. The monoisotopic (exact) mass is 292 g/mol. The number of aromatic nitrogens is 2. The summed E-state index contributed by atoms with van der Waals surface area (Å²) < 4.78 is 0. The molecule has 2 aliphatic rings. The lowest BCUT2D eigenvalue weighted by molar-refractivity contribution is -0.141. The van der Waals surface area contributed by atoms with E-state index in [-0.39, 0.29) is 18.6 Å². The molecule has 114 valence electrons. The molecule has 0 bridgehead atoms. The maximum Gasteiger partial charge on any atom is 0.326 e. The van der Waals surface area contributed by atoms with Gasteiger partial charge in [-0.2, -0.15) is 0 Å². The van der Waals surface area contributed by atoms with Crippen molar-refractivity contribution in [3.05, 3.63) is 18.2 Å². The number of carboxylic acids is 1. The zero-order valence-electron chi connectivity index (χ0n) is 11.8. The fraction of sp³-hybridized carbons (Fsp3) is 0.643. The van der Waals surface area contributed by atoms with Crippen molar-refractivity contribution in [3.8, 4) is 0 Å². The lowest BCUT2D eigenvalue weighted by Crippen LogP contribution is -2.50. The molecule has 3 N–H and O–H groups in total. The maximum absolute atomic E-state index is 12.4. The van der Waals surface area contributed by atoms with Crippen LogP contribution in [0.15, 0.2) is 12.4 Å². The highest BCUT2D eigenvalue weighted by molar-refractivity contribution is 5.83. The molecule has 3 rings (SSSR count). The van der Waals surface area contributed by atoms with Crippen LogP contribution in [0.25, 0.3) is 0 Å². The van der Waals surface area contributed by atoms with Gasteiger partial charge < -0.3 is 20.3 Å². The molecule has 21 heavy (non-hydrogen) atoms. The smallest absolute Gasteiger partial charge is 0.326 e. The first-order valence-electron chi connectivity index (χ1n) is 7.44. The van der Waals surface area contributed by atoms with Crippen molar-refractivity contribution >= 4 is 12.0 Å². The number of nitrogens with zero attached hydrogens (tertiary/aromatic N) is 2. The van der Waals surface area contributed by atoms with Gasteiger partial charge in [0.15, 0.2) is 0 Å². The third-order valence-electron chi connectivity index (χ3n) is 4.57. The van der Waals surface area contributed by atoms with Crippen molar-refractivity contribution in [3.63, 3.8) is 0 Å². The number of hydrogen-bond acceptors (Lipinski definition) is 3. The second kappa shape index (κ2) is 5.75. The van der Waals surface area contributed by atoms with Crippen molar-refractivity contribution in [1.29, 1.82) is 0 Å². The molecule has 7 heteroatoms. The minimum absolute atomic E-state index is 0.0662. The van der Waals surface area contributed by atoms with Crippen LogP contribution in [0.5, 0.6) is 0 Å². The van der Waals surface area contributed by atoms with E-state index in [2.05, 4.69) is 15.3 Å². The first-order chi connectivity index (χ1) is 10.2. The predicted octanol–water partition coefficient (Wildman–Crippen LogP) is 1.34. The Labute approximate surface area is 122 Å². The van der Waals surface area contributed by atoms with Crippen LogP contribution < -0.4 is 5.32 Å². The highest BCUT2D eigenvalue weighted by Gasteiger charge is 2.47. The Morgan fingerprint density at radius 1 is 1.43 bits per heavy atom. The van der Waals surface area contributed by atoms with Crippen LogP contribution in [0.4, 0.5) is 4.79 Å². The molecule has 2 heterocycles. The minimum atomic E-state index is -0.905. The third-order valence-corrected chi connectivity index (χ3v) is 4.57. The summed E-state index contributed by atoms with van der Waals surface area (Å²) in [6.45, 7) is 0.284. The van der Waals surface area contributed by atoms with E-state index in [0.717, 1.165) is 25.7 Å². The molecule has 1 aromatic heterocycles. The summed E-state index contributed by atoms with van der Waals surface area (Å²) >= 11 is 0. The van der Waals surface area contributed by atoms with Gasteiger partial charge in [-0.3, -0.25) is 0 Å².